The average Bonchev–Trinajstić information content (AvgIpc) is 3.21. The summed E-state index contributed by atoms with van der Waals surface area (Å²) in [6.45, 7) is 1.94. The Morgan fingerprint density at radius 2 is 1.79 bits per heavy atom. The number of benzene rings is 3. The maximum Gasteiger partial charge on any atom is 0.258 e. The largest absolute Gasteiger partial charge is 0.324 e. The highest BCUT2D eigenvalue weighted by Gasteiger charge is 2.27. The van der Waals surface area contributed by atoms with E-state index in [0.29, 0.717) is 21.6 Å². The molecule has 0 saturated carbocycles. The Balaban J connectivity index is 0.00000274. The van der Waals surface area contributed by atoms with E-state index in [9.17, 15) is 4.79 Å². The molecule has 1 atom stereocenters. The van der Waals surface area contributed by atoms with Gasteiger partial charge in [0.25, 0.3) is 11.9 Å². The summed E-state index contributed by atoms with van der Waals surface area (Å²) >= 11 is 12.6. The Morgan fingerprint density at radius 3 is 2.53 bits per heavy atom. The normalized spacial score (nSPS) is 14.3. The van der Waals surface area contributed by atoms with Crippen molar-refractivity contribution in [3.63, 3.8) is 0 Å². The monoisotopic (exact) mass is 511 g/mol. The molecular formula is C25H20Cl3N5O. The predicted molar refractivity (Wildman–Crippen MR) is 139 cm³/mol. The summed E-state index contributed by atoms with van der Waals surface area (Å²) in [4.78, 5) is 17.3. The topological polar surface area (TPSA) is 71.8 Å². The van der Waals surface area contributed by atoms with Crippen LogP contribution in [0.3, 0.4) is 0 Å². The summed E-state index contributed by atoms with van der Waals surface area (Å²) < 4.78 is 1.71. The second-order valence-electron chi connectivity index (χ2n) is 7.71. The van der Waals surface area contributed by atoms with Crippen LogP contribution in [0.4, 0.5) is 11.9 Å². The van der Waals surface area contributed by atoms with Crippen molar-refractivity contribution in [1.29, 1.82) is 0 Å². The van der Waals surface area contributed by atoms with Crippen LogP contribution < -0.4 is 10.6 Å². The zero-order valence-electron chi connectivity index (χ0n) is 18.0. The summed E-state index contributed by atoms with van der Waals surface area (Å²) in [6, 6.07) is 22.1. The van der Waals surface area contributed by atoms with Crippen molar-refractivity contribution >= 4 is 59.1 Å². The van der Waals surface area contributed by atoms with Crippen molar-refractivity contribution in [1.82, 2.24) is 14.8 Å². The molecule has 5 rings (SSSR count). The molecule has 1 aliphatic heterocycles. The minimum atomic E-state index is -0.322. The molecule has 3 aromatic carbocycles. The number of rotatable bonds is 4. The maximum absolute atomic E-state index is 12.7. The Bertz CT molecular complexity index is 1380. The number of fused-ring (bicyclic) bond motifs is 1. The number of carbonyl (C=O) groups is 1. The highest BCUT2D eigenvalue weighted by atomic mass is 35.5. The third-order valence-corrected chi connectivity index (χ3v) is 5.95. The number of nitrogens with zero attached hydrogens (tertiary/aromatic N) is 3. The number of halogens is 3. The van der Waals surface area contributed by atoms with Crippen LogP contribution in [0.2, 0.25) is 10.0 Å². The number of hydrogen-bond donors (Lipinski definition) is 2. The fraction of sp³-hybridized carbons (Fsp3) is 0.0800. The van der Waals surface area contributed by atoms with E-state index in [2.05, 4.69) is 20.7 Å². The highest BCUT2D eigenvalue weighted by Crippen LogP contribution is 2.36. The molecule has 1 aliphatic rings. The van der Waals surface area contributed by atoms with E-state index in [1.807, 2.05) is 79.7 Å². The molecule has 1 aromatic heterocycles. The quantitative estimate of drug-likeness (QED) is 0.322. The van der Waals surface area contributed by atoms with Crippen molar-refractivity contribution < 1.29 is 4.79 Å². The first kappa shape index (κ1) is 23.8. The van der Waals surface area contributed by atoms with Gasteiger partial charge in [0.15, 0.2) is 0 Å². The molecule has 0 radical (unpaired) electrons. The molecule has 0 fully saturated rings. The average molecular weight is 513 g/mol. The molecule has 0 aliphatic carbocycles. The molecule has 9 heteroatoms. The molecule has 34 heavy (non-hydrogen) atoms. The van der Waals surface area contributed by atoms with Crippen LogP contribution >= 0.6 is 35.6 Å². The smallest absolute Gasteiger partial charge is 0.258 e. The van der Waals surface area contributed by atoms with E-state index in [1.54, 1.807) is 10.7 Å². The summed E-state index contributed by atoms with van der Waals surface area (Å²) in [5, 5.41) is 11.9. The Kier molecular flexibility index (Phi) is 6.93. The second-order valence-corrected chi connectivity index (χ2v) is 8.55. The molecule has 0 spiro atoms. The molecule has 4 aromatic rings. The van der Waals surface area contributed by atoms with Crippen LogP contribution in [0.1, 0.15) is 33.1 Å². The van der Waals surface area contributed by atoms with E-state index in [0.717, 1.165) is 22.4 Å². The molecule has 172 valence electrons. The standard InChI is InChI=1S/C25H19Cl2N5O.ClH/c1-15-5-4-6-17(13-15)23(33)29-24-30-25-28-21(16-9-11-18(26)12-10-16)14-22(32(25)31-24)19-7-2-3-8-20(19)27;/h2-14,22H,1H3,(H2,28,29,30,31,33);1H. The fourth-order valence-electron chi connectivity index (χ4n) is 3.74. The zero-order valence-corrected chi connectivity index (χ0v) is 20.3. The van der Waals surface area contributed by atoms with E-state index in [-0.39, 0.29) is 30.3 Å². The van der Waals surface area contributed by atoms with E-state index >= 15 is 0 Å². The molecule has 2 heterocycles. The van der Waals surface area contributed by atoms with Gasteiger partial charge in [0.1, 0.15) is 6.04 Å². The number of aryl methyl sites for hydroxylation is 1. The Labute approximate surface area is 213 Å². The van der Waals surface area contributed by atoms with Gasteiger partial charge < -0.3 is 5.32 Å². The lowest BCUT2D eigenvalue weighted by Gasteiger charge is -2.24. The van der Waals surface area contributed by atoms with E-state index in [1.165, 1.54) is 0 Å². The van der Waals surface area contributed by atoms with E-state index in [4.69, 9.17) is 23.2 Å². The lowest BCUT2D eigenvalue weighted by molar-refractivity contribution is 0.102. The van der Waals surface area contributed by atoms with Crippen LogP contribution in [0.15, 0.2) is 78.9 Å². The number of nitrogens with one attached hydrogen (secondary N) is 2. The molecule has 0 bridgehead atoms. The van der Waals surface area contributed by atoms with Gasteiger partial charge in [-0.15, -0.1) is 17.5 Å². The van der Waals surface area contributed by atoms with Gasteiger partial charge in [-0.1, -0.05) is 71.2 Å². The summed E-state index contributed by atoms with van der Waals surface area (Å²) in [6.07, 6.45) is 2.03. The third-order valence-electron chi connectivity index (χ3n) is 5.35. The summed E-state index contributed by atoms with van der Waals surface area (Å²) in [5.74, 6) is 0.417. The van der Waals surface area contributed by atoms with Crippen molar-refractivity contribution in [2.75, 3.05) is 10.6 Å². The Morgan fingerprint density at radius 1 is 1.03 bits per heavy atom. The van der Waals surface area contributed by atoms with Crippen molar-refractivity contribution in [3.8, 4) is 0 Å². The maximum atomic E-state index is 12.7. The fourth-order valence-corrected chi connectivity index (χ4v) is 4.11. The number of allylic oxidation sites excluding steroid dienone is 1. The Hall–Kier alpha value is -3.32. The van der Waals surface area contributed by atoms with Gasteiger partial charge in [-0.2, -0.15) is 4.98 Å². The van der Waals surface area contributed by atoms with Crippen molar-refractivity contribution in [3.05, 3.63) is 111 Å². The lowest BCUT2D eigenvalue weighted by Crippen LogP contribution is -2.20. The lowest BCUT2D eigenvalue weighted by atomic mass is 10.0. The van der Waals surface area contributed by atoms with Gasteiger partial charge in [0.05, 0.1) is 0 Å². The van der Waals surface area contributed by atoms with Gasteiger partial charge in [-0.05, 0) is 54.5 Å². The first-order valence-electron chi connectivity index (χ1n) is 10.3. The van der Waals surface area contributed by atoms with Gasteiger partial charge in [0.2, 0.25) is 5.95 Å². The SMILES string of the molecule is Cc1cccc(C(=O)Nc2nc3n(n2)C(c2ccccc2Cl)C=C(c2ccc(Cl)cc2)N3)c1.Cl. The van der Waals surface area contributed by atoms with E-state index < -0.39 is 0 Å². The number of carbonyl (C=O) groups excluding carboxylic acids is 1. The predicted octanol–water partition coefficient (Wildman–Crippen LogP) is 6.62. The molecule has 6 nitrogen and oxygen atoms in total. The highest BCUT2D eigenvalue weighted by molar-refractivity contribution is 6.31. The minimum Gasteiger partial charge on any atom is -0.324 e. The van der Waals surface area contributed by atoms with Gasteiger partial charge >= 0.3 is 0 Å². The number of aromatic nitrogens is 3. The molecule has 1 unspecified atom stereocenters. The molecule has 0 saturated heterocycles. The first-order chi connectivity index (χ1) is 16.0. The first-order valence-corrected chi connectivity index (χ1v) is 11.1. The van der Waals surface area contributed by atoms with Crippen LogP contribution in [0, 0.1) is 6.92 Å². The number of anilines is 2. The van der Waals surface area contributed by atoms with Crippen LogP contribution in [-0.4, -0.2) is 20.7 Å². The molecule has 2 N–H and O–H groups in total. The minimum absolute atomic E-state index is 0. The van der Waals surface area contributed by atoms with Crippen LogP contribution in [0.5, 0.6) is 0 Å². The summed E-state index contributed by atoms with van der Waals surface area (Å²) in [7, 11) is 0. The molecule has 1 amide bonds. The number of hydrogen-bond acceptors (Lipinski definition) is 4. The van der Waals surface area contributed by atoms with Gasteiger partial charge in [0, 0.05) is 21.3 Å². The van der Waals surface area contributed by atoms with Gasteiger partial charge in [-0.25, -0.2) is 4.68 Å². The second kappa shape index (κ2) is 9.89. The van der Waals surface area contributed by atoms with Crippen LogP contribution in [-0.2, 0) is 0 Å². The summed E-state index contributed by atoms with van der Waals surface area (Å²) in [5.41, 5.74) is 4.19. The van der Waals surface area contributed by atoms with Crippen molar-refractivity contribution in [2.45, 2.75) is 13.0 Å². The zero-order chi connectivity index (χ0) is 22.9. The third kappa shape index (κ3) is 4.80. The van der Waals surface area contributed by atoms with Crippen LogP contribution in [0.25, 0.3) is 5.70 Å². The van der Waals surface area contributed by atoms with Gasteiger partial charge in [-0.3, -0.25) is 10.1 Å². The molecular weight excluding hydrogens is 493 g/mol. The number of amides is 1. The van der Waals surface area contributed by atoms with Crippen molar-refractivity contribution in [2.24, 2.45) is 0 Å².